The highest BCUT2D eigenvalue weighted by atomic mass is 32.2. The van der Waals surface area contributed by atoms with Crippen LogP contribution in [0.3, 0.4) is 0 Å². The van der Waals surface area contributed by atoms with Crippen molar-refractivity contribution in [1.82, 2.24) is 9.78 Å². The SMILES string of the molecule is CC(C)(C)n1cc(/C=C/C(=O)c2ccc(NS(C)(=O)=O)cc2)cn1. The third kappa shape index (κ3) is 5.06. The van der Waals surface area contributed by atoms with Crippen molar-refractivity contribution in [1.29, 1.82) is 0 Å². The summed E-state index contributed by atoms with van der Waals surface area (Å²) in [5.41, 5.74) is 1.63. The largest absolute Gasteiger partial charge is 0.289 e. The van der Waals surface area contributed by atoms with Crippen molar-refractivity contribution in [3.05, 3.63) is 53.9 Å². The third-order valence-corrected chi connectivity index (χ3v) is 3.80. The first-order chi connectivity index (χ1) is 11.0. The van der Waals surface area contributed by atoms with Gasteiger partial charge in [-0.2, -0.15) is 5.10 Å². The van der Waals surface area contributed by atoms with E-state index in [0.717, 1.165) is 11.8 Å². The van der Waals surface area contributed by atoms with Crippen molar-refractivity contribution < 1.29 is 13.2 Å². The predicted octanol–water partition coefficient (Wildman–Crippen LogP) is 2.91. The van der Waals surface area contributed by atoms with E-state index in [1.54, 1.807) is 36.5 Å². The van der Waals surface area contributed by atoms with Crippen molar-refractivity contribution in [3.63, 3.8) is 0 Å². The molecule has 0 aliphatic rings. The Morgan fingerprint density at radius 1 is 1.21 bits per heavy atom. The first-order valence-corrected chi connectivity index (χ1v) is 9.29. The Balaban J connectivity index is 2.08. The van der Waals surface area contributed by atoms with Crippen LogP contribution in [0, 0.1) is 0 Å². The normalized spacial score (nSPS) is 12.5. The maximum absolute atomic E-state index is 12.2. The van der Waals surface area contributed by atoms with Gasteiger partial charge in [0.15, 0.2) is 5.78 Å². The Morgan fingerprint density at radius 3 is 2.33 bits per heavy atom. The molecule has 128 valence electrons. The number of aromatic nitrogens is 2. The highest BCUT2D eigenvalue weighted by Gasteiger charge is 2.13. The van der Waals surface area contributed by atoms with Crippen LogP contribution in [0.1, 0.15) is 36.7 Å². The molecule has 0 spiro atoms. The molecular weight excluding hydrogens is 326 g/mol. The van der Waals surface area contributed by atoms with E-state index in [2.05, 4.69) is 9.82 Å². The maximum Gasteiger partial charge on any atom is 0.229 e. The smallest absolute Gasteiger partial charge is 0.229 e. The fourth-order valence-electron chi connectivity index (χ4n) is 1.97. The second kappa shape index (κ2) is 6.60. The first kappa shape index (κ1) is 17.9. The summed E-state index contributed by atoms with van der Waals surface area (Å²) in [6.07, 6.45) is 7.84. The van der Waals surface area contributed by atoms with E-state index in [1.165, 1.54) is 6.08 Å². The van der Waals surface area contributed by atoms with Crippen molar-refractivity contribution in [2.75, 3.05) is 11.0 Å². The summed E-state index contributed by atoms with van der Waals surface area (Å²) in [7, 11) is -3.32. The number of anilines is 1. The van der Waals surface area contributed by atoms with Gasteiger partial charge >= 0.3 is 0 Å². The van der Waals surface area contributed by atoms with E-state index in [0.29, 0.717) is 11.3 Å². The number of ketones is 1. The third-order valence-electron chi connectivity index (χ3n) is 3.19. The molecule has 1 N–H and O–H groups in total. The van der Waals surface area contributed by atoms with E-state index in [-0.39, 0.29) is 11.3 Å². The van der Waals surface area contributed by atoms with Gasteiger partial charge in [0.1, 0.15) is 0 Å². The van der Waals surface area contributed by atoms with Crippen LogP contribution in [0.4, 0.5) is 5.69 Å². The number of sulfonamides is 1. The lowest BCUT2D eigenvalue weighted by molar-refractivity contribution is 0.104. The first-order valence-electron chi connectivity index (χ1n) is 7.40. The van der Waals surface area contributed by atoms with Crippen molar-refractivity contribution >= 4 is 27.6 Å². The van der Waals surface area contributed by atoms with Gasteiger partial charge in [-0.1, -0.05) is 0 Å². The summed E-state index contributed by atoms with van der Waals surface area (Å²) in [6.45, 7) is 6.14. The molecule has 1 aromatic heterocycles. The fourth-order valence-corrected chi connectivity index (χ4v) is 2.54. The summed E-state index contributed by atoms with van der Waals surface area (Å²) >= 11 is 0. The molecule has 7 heteroatoms. The Hall–Kier alpha value is -2.41. The van der Waals surface area contributed by atoms with Gasteiger partial charge in [0.05, 0.1) is 18.0 Å². The van der Waals surface area contributed by atoms with Crippen LogP contribution in [0.5, 0.6) is 0 Å². The molecule has 0 unspecified atom stereocenters. The molecule has 0 amide bonds. The predicted molar refractivity (Wildman–Crippen MR) is 95.5 cm³/mol. The highest BCUT2D eigenvalue weighted by molar-refractivity contribution is 7.92. The molecule has 24 heavy (non-hydrogen) atoms. The molecule has 2 rings (SSSR count). The standard InChI is InChI=1S/C17H21N3O3S/c1-17(2,3)20-12-13(11-18-20)5-10-16(21)14-6-8-15(9-7-14)19-24(4,22)23/h5-12,19H,1-4H3/b10-5+. The molecule has 1 aromatic carbocycles. The Bertz CT molecular complexity index is 857. The van der Waals surface area contributed by atoms with Gasteiger partial charge in [-0.05, 0) is 57.2 Å². The van der Waals surface area contributed by atoms with Gasteiger partial charge in [0.2, 0.25) is 10.0 Å². The summed E-state index contributed by atoms with van der Waals surface area (Å²) in [6, 6.07) is 6.27. The lowest BCUT2D eigenvalue weighted by Crippen LogP contribution is -2.21. The van der Waals surface area contributed by atoms with Crippen LogP contribution >= 0.6 is 0 Å². The van der Waals surface area contributed by atoms with Crippen LogP contribution < -0.4 is 4.72 Å². The maximum atomic E-state index is 12.2. The van der Waals surface area contributed by atoms with E-state index in [1.807, 2.05) is 31.6 Å². The Labute approximate surface area is 142 Å². The topological polar surface area (TPSA) is 81.1 Å². The van der Waals surface area contributed by atoms with Crippen molar-refractivity contribution in [2.45, 2.75) is 26.3 Å². The van der Waals surface area contributed by atoms with Gasteiger partial charge in [0.25, 0.3) is 0 Å². The molecule has 0 fully saturated rings. The number of hydrogen-bond donors (Lipinski definition) is 1. The molecule has 0 aliphatic carbocycles. The number of nitrogens with one attached hydrogen (secondary N) is 1. The van der Waals surface area contributed by atoms with Crippen LogP contribution in [0.2, 0.25) is 0 Å². The second-order valence-corrected chi connectivity index (χ2v) is 8.29. The molecule has 0 radical (unpaired) electrons. The molecular formula is C17H21N3O3S. The van der Waals surface area contributed by atoms with E-state index < -0.39 is 10.0 Å². The summed E-state index contributed by atoms with van der Waals surface area (Å²) in [4.78, 5) is 12.2. The number of carbonyl (C=O) groups is 1. The molecule has 0 aliphatic heterocycles. The summed E-state index contributed by atoms with van der Waals surface area (Å²) < 4.78 is 26.5. The number of rotatable bonds is 5. The highest BCUT2D eigenvalue weighted by Crippen LogP contribution is 2.15. The summed E-state index contributed by atoms with van der Waals surface area (Å²) in [5, 5.41) is 4.27. The van der Waals surface area contributed by atoms with Crippen LogP contribution in [0.15, 0.2) is 42.7 Å². The summed E-state index contributed by atoms with van der Waals surface area (Å²) in [5.74, 6) is -0.163. The molecule has 2 aromatic rings. The average molecular weight is 347 g/mol. The number of benzene rings is 1. The average Bonchev–Trinajstić information content (AvgIpc) is 2.93. The molecule has 6 nitrogen and oxygen atoms in total. The monoisotopic (exact) mass is 347 g/mol. The zero-order valence-corrected chi connectivity index (χ0v) is 15.0. The van der Waals surface area contributed by atoms with E-state index >= 15 is 0 Å². The quantitative estimate of drug-likeness (QED) is 0.666. The Morgan fingerprint density at radius 2 is 1.83 bits per heavy atom. The minimum atomic E-state index is -3.32. The lowest BCUT2D eigenvalue weighted by Gasteiger charge is -2.18. The second-order valence-electron chi connectivity index (χ2n) is 6.54. The molecule has 0 saturated heterocycles. The lowest BCUT2D eigenvalue weighted by atomic mass is 10.1. The molecule has 0 bridgehead atoms. The fraction of sp³-hybridized carbons (Fsp3) is 0.294. The van der Waals surface area contributed by atoms with Gasteiger partial charge in [-0.15, -0.1) is 0 Å². The molecule has 0 atom stereocenters. The van der Waals surface area contributed by atoms with Crippen molar-refractivity contribution in [3.8, 4) is 0 Å². The number of carbonyl (C=O) groups excluding carboxylic acids is 1. The van der Waals surface area contributed by atoms with Crippen LogP contribution in [-0.4, -0.2) is 30.2 Å². The van der Waals surface area contributed by atoms with Gasteiger partial charge in [0, 0.05) is 23.0 Å². The van der Waals surface area contributed by atoms with Crippen molar-refractivity contribution in [2.24, 2.45) is 0 Å². The van der Waals surface area contributed by atoms with E-state index in [9.17, 15) is 13.2 Å². The van der Waals surface area contributed by atoms with Crippen LogP contribution in [0.25, 0.3) is 6.08 Å². The number of nitrogens with zero attached hydrogens (tertiary/aromatic N) is 2. The minimum absolute atomic E-state index is 0.113. The number of allylic oxidation sites excluding steroid dienone is 1. The van der Waals surface area contributed by atoms with Gasteiger partial charge < -0.3 is 0 Å². The molecule has 0 saturated carbocycles. The Kier molecular flexibility index (Phi) is 4.94. The zero-order chi connectivity index (χ0) is 18.0. The molecule has 1 heterocycles. The number of hydrogen-bond acceptors (Lipinski definition) is 4. The zero-order valence-electron chi connectivity index (χ0n) is 14.1. The van der Waals surface area contributed by atoms with Gasteiger partial charge in [-0.3, -0.25) is 14.2 Å². The van der Waals surface area contributed by atoms with E-state index in [4.69, 9.17) is 0 Å². The van der Waals surface area contributed by atoms with Gasteiger partial charge in [-0.25, -0.2) is 8.42 Å². The van der Waals surface area contributed by atoms with Crippen LogP contribution in [-0.2, 0) is 15.6 Å². The minimum Gasteiger partial charge on any atom is -0.289 e.